The van der Waals surface area contributed by atoms with Crippen molar-refractivity contribution >= 4 is 33.2 Å². The molecule has 68 valence electrons. The molecule has 1 N–H and O–H groups in total. The van der Waals surface area contributed by atoms with E-state index in [1.54, 1.807) is 13.0 Å². The molecule has 1 atom stereocenters. The summed E-state index contributed by atoms with van der Waals surface area (Å²) in [5.74, 6) is -0.204. The molecule has 1 rings (SSSR count). The predicted molar refractivity (Wildman–Crippen MR) is 54.6 cm³/mol. The van der Waals surface area contributed by atoms with Crippen molar-refractivity contribution in [3.05, 3.63) is 20.8 Å². The van der Waals surface area contributed by atoms with Crippen LogP contribution in [0, 0.1) is 11.3 Å². The fourth-order valence-electron chi connectivity index (χ4n) is 0.732. The van der Waals surface area contributed by atoms with Gasteiger partial charge in [0.25, 0.3) is 5.91 Å². The minimum absolute atomic E-state index is 0.204. The highest BCUT2D eigenvalue weighted by atomic mass is 79.9. The first-order valence-corrected chi connectivity index (χ1v) is 5.25. The van der Waals surface area contributed by atoms with Gasteiger partial charge in [-0.25, -0.2) is 0 Å². The van der Waals surface area contributed by atoms with Gasteiger partial charge >= 0.3 is 0 Å². The Bertz CT molecular complexity index is 355. The van der Waals surface area contributed by atoms with Gasteiger partial charge in [-0.2, -0.15) is 5.26 Å². The van der Waals surface area contributed by atoms with Gasteiger partial charge in [-0.3, -0.25) is 4.79 Å². The van der Waals surface area contributed by atoms with Gasteiger partial charge < -0.3 is 5.32 Å². The lowest BCUT2D eigenvalue weighted by Gasteiger charge is -2.03. The number of halogens is 1. The van der Waals surface area contributed by atoms with E-state index in [-0.39, 0.29) is 5.91 Å². The largest absolute Gasteiger partial charge is 0.336 e. The van der Waals surface area contributed by atoms with Crippen molar-refractivity contribution in [2.24, 2.45) is 0 Å². The highest BCUT2D eigenvalue weighted by molar-refractivity contribution is 9.10. The Morgan fingerprint density at radius 2 is 2.54 bits per heavy atom. The fraction of sp³-hybridized carbons (Fsp3) is 0.250. The van der Waals surface area contributed by atoms with Crippen LogP contribution in [-0.4, -0.2) is 11.9 Å². The molecular formula is C8H7BrN2OS. The summed E-state index contributed by atoms with van der Waals surface area (Å²) in [6, 6.07) is 3.21. The third kappa shape index (κ3) is 2.83. The molecule has 0 bridgehead atoms. The van der Waals surface area contributed by atoms with E-state index in [2.05, 4.69) is 21.2 Å². The van der Waals surface area contributed by atoms with Gasteiger partial charge in [-0.05, 0) is 28.9 Å². The molecule has 3 nitrogen and oxygen atoms in total. The number of hydrogen-bond donors (Lipinski definition) is 1. The molecule has 1 heterocycles. The number of nitriles is 1. The van der Waals surface area contributed by atoms with E-state index in [1.807, 2.05) is 11.4 Å². The maximum Gasteiger partial charge on any atom is 0.262 e. The normalized spacial score (nSPS) is 11.8. The Kier molecular flexibility index (Phi) is 3.46. The summed E-state index contributed by atoms with van der Waals surface area (Å²) in [5, 5.41) is 12.8. The van der Waals surface area contributed by atoms with Crippen molar-refractivity contribution in [1.29, 1.82) is 5.26 Å². The summed E-state index contributed by atoms with van der Waals surface area (Å²) in [5.41, 5.74) is 0. The molecule has 0 fully saturated rings. The van der Waals surface area contributed by atoms with E-state index in [1.165, 1.54) is 11.3 Å². The lowest BCUT2D eigenvalue weighted by molar-refractivity contribution is 0.0952. The summed E-state index contributed by atoms with van der Waals surface area (Å²) in [4.78, 5) is 12.0. The minimum atomic E-state index is -0.451. The molecule has 0 aliphatic heterocycles. The third-order valence-electron chi connectivity index (χ3n) is 1.33. The standard InChI is InChI=1S/C8H7BrN2OS/c1-5(3-10)11-8(12)7-2-6(9)4-13-7/h2,4-5H,1H3,(H,11,12)/t5-/m1/s1. The van der Waals surface area contributed by atoms with Gasteiger partial charge in [-0.15, -0.1) is 11.3 Å². The van der Waals surface area contributed by atoms with E-state index in [9.17, 15) is 4.79 Å². The molecule has 0 unspecified atom stereocenters. The summed E-state index contributed by atoms with van der Waals surface area (Å²) >= 11 is 4.59. The van der Waals surface area contributed by atoms with Crippen LogP contribution in [0.1, 0.15) is 16.6 Å². The van der Waals surface area contributed by atoms with Crippen LogP contribution in [0.4, 0.5) is 0 Å². The second-order valence-electron chi connectivity index (χ2n) is 2.45. The first kappa shape index (κ1) is 10.2. The molecule has 0 aliphatic rings. The van der Waals surface area contributed by atoms with E-state index >= 15 is 0 Å². The van der Waals surface area contributed by atoms with Crippen molar-refractivity contribution in [2.75, 3.05) is 0 Å². The number of amides is 1. The van der Waals surface area contributed by atoms with Crippen molar-refractivity contribution in [3.8, 4) is 6.07 Å². The first-order valence-electron chi connectivity index (χ1n) is 3.58. The zero-order chi connectivity index (χ0) is 9.84. The van der Waals surface area contributed by atoms with E-state index in [4.69, 9.17) is 5.26 Å². The van der Waals surface area contributed by atoms with Gasteiger partial charge in [0, 0.05) is 9.85 Å². The SMILES string of the molecule is C[C@H](C#N)NC(=O)c1cc(Br)cs1. The number of carbonyl (C=O) groups excluding carboxylic acids is 1. The molecule has 0 aromatic carbocycles. The Morgan fingerprint density at radius 3 is 3.00 bits per heavy atom. The first-order chi connectivity index (χ1) is 6.13. The van der Waals surface area contributed by atoms with E-state index in [0.717, 1.165) is 4.47 Å². The maximum absolute atomic E-state index is 11.4. The average Bonchev–Trinajstić information content (AvgIpc) is 2.51. The highest BCUT2D eigenvalue weighted by Crippen LogP contribution is 2.19. The smallest absolute Gasteiger partial charge is 0.262 e. The Morgan fingerprint density at radius 1 is 1.85 bits per heavy atom. The van der Waals surface area contributed by atoms with Crippen LogP contribution < -0.4 is 5.32 Å². The molecule has 0 saturated carbocycles. The molecule has 5 heteroatoms. The number of rotatable bonds is 2. The van der Waals surface area contributed by atoms with Crippen molar-refractivity contribution in [2.45, 2.75) is 13.0 Å². The molecule has 1 aromatic rings. The molecule has 0 saturated heterocycles. The lowest BCUT2D eigenvalue weighted by atomic mass is 10.3. The summed E-state index contributed by atoms with van der Waals surface area (Å²) in [7, 11) is 0. The van der Waals surface area contributed by atoms with E-state index < -0.39 is 6.04 Å². The predicted octanol–water partition coefficient (Wildman–Crippen LogP) is 2.15. The Labute approximate surface area is 88.5 Å². The van der Waals surface area contributed by atoms with Gasteiger partial charge in [0.2, 0.25) is 0 Å². The summed E-state index contributed by atoms with van der Waals surface area (Å²) < 4.78 is 0.882. The molecule has 13 heavy (non-hydrogen) atoms. The van der Waals surface area contributed by atoms with Crippen LogP contribution in [-0.2, 0) is 0 Å². The van der Waals surface area contributed by atoms with Crippen LogP contribution >= 0.6 is 27.3 Å². The quantitative estimate of drug-likeness (QED) is 0.884. The fourth-order valence-corrected chi connectivity index (χ4v) is 2.06. The molecule has 0 radical (unpaired) electrons. The highest BCUT2D eigenvalue weighted by Gasteiger charge is 2.10. The maximum atomic E-state index is 11.4. The lowest BCUT2D eigenvalue weighted by Crippen LogP contribution is -2.30. The van der Waals surface area contributed by atoms with Gasteiger partial charge in [0.15, 0.2) is 0 Å². The minimum Gasteiger partial charge on any atom is -0.336 e. The zero-order valence-corrected chi connectivity index (χ0v) is 9.28. The van der Waals surface area contributed by atoms with Crippen LogP contribution in [0.25, 0.3) is 0 Å². The molecule has 1 amide bonds. The molecule has 0 aliphatic carbocycles. The van der Waals surface area contributed by atoms with Crippen molar-refractivity contribution in [3.63, 3.8) is 0 Å². The zero-order valence-electron chi connectivity index (χ0n) is 6.87. The van der Waals surface area contributed by atoms with Gasteiger partial charge in [0.1, 0.15) is 6.04 Å². The average molecular weight is 259 g/mol. The van der Waals surface area contributed by atoms with Crippen LogP contribution in [0.3, 0.4) is 0 Å². The number of nitrogens with one attached hydrogen (secondary N) is 1. The number of nitrogens with zero attached hydrogens (tertiary/aromatic N) is 1. The molecular weight excluding hydrogens is 252 g/mol. The number of thiophene rings is 1. The van der Waals surface area contributed by atoms with Gasteiger partial charge in [-0.1, -0.05) is 0 Å². The molecule has 0 spiro atoms. The van der Waals surface area contributed by atoms with Crippen LogP contribution in [0.2, 0.25) is 0 Å². The van der Waals surface area contributed by atoms with Crippen molar-refractivity contribution in [1.82, 2.24) is 5.32 Å². The third-order valence-corrected chi connectivity index (χ3v) is 3.02. The Hall–Kier alpha value is -0.860. The second kappa shape index (κ2) is 4.40. The second-order valence-corrected chi connectivity index (χ2v) is 4.28. The Balaban J connectivity index is 2.65. The van der Waals surface area contributed by atoms with Crippen molar-refractivity contribution < 1.29 is 4.79 Å². The summed E-state index contributed by atoms with van der Waals surface area (Å²) in [6.45, 7) is 1.64. The summed E-state index contributed by atoms with van der Waals surface area (Å²) in [6.07, 6.45) is 0. The monoisotopic (exact) mass is 258 g/mol. The molecule has 1 aromatic heterocycles. The van der Waals surface area contributed by atoms with Gasteiger partial charge in [0.05, 0.1) is 10.9 Å². The number of carbonyl (C=O) groups is 1. The van der Waals surface area contributed by atoms with E-state index in [0.29, 0.717) is 4.88 Å². The topological polar surface area (TPSA) is 52.9 Å². The number of hydrogen-bond acceptors (Lipinski definition) is 3. The van der Waals surface area contributed by atoms with Crippen LogP contribution in [0.15, 0.2) is 15.9 Å². The van der Waals surface area contributed by atoms with Crippen LogP contribution in [0.5, 0.6) is 0 Å².